The molecule has 0 unspecified atom stereocenters. The van der Waals surface area contributed by atoms with Gasteiger partial charge in [-0.2, -0.15) is 0 Å². The number of rotatable bonds is 7. The smallest absolute Gasteiger partial charge is 0.148 e. The van der Waals surface area contributed by atoms with E-state index >= 15 is 0 Å². The Balaban J connectivity index is 0.00000608. The summed E-state index contributed by atoms with van der Waals surface area (Å²) in [4.78, 5) is 10.2. The van der Waals surface area contributed by atoms with Crippen molar-refractivity contribution in [2.75, 3.05) is 0 Å². The second-order valence-corrected chi connectivity index (χ2v) is 16.5. The fourth-order valence-electron chi connectivity index (χ4n) is 8.02. The molecule has 0 atom stereocenters. The van der Waals surface area contributed by atoms with Crippen LogP contribution in [0.25, 0.3) is 83.9 Å². The molecule has 0 saturated carbocycles. The van der Waals surface area contributed by atoms with Gasteiger partial charge in [-0.25, -0.2) is 4.98 Å². The number of aromatic nitrogens is 3. The van der Waals surface area contributed by atoms with Crippen LogP contribution in [0, 0.1) is 33.6 Å². The summed E-state index contributed by atoms with van der Waals surface area (Å²) in [7, 11) is 0. The minimum absolute atomic E-state index is 0. The molecule has 9 rings (SSSR count). The van der Waals surface area contributed by atoms with Crippen molar-refractivity contribution in [3.8, 4) is 78.6 Å². The maximum atomic E-state index is 11.8. The normalized spacial score (nSPS) is 13.3. The molecule has 304 valence electrons. The van der Waals surface area contributed by atoms with Crippen molar-refractivity contribution in [3.63, 3.8) is 0 Å². The maximum Gasteiger partial charge on any atom is 0.148 e. The molecule has 7 aromatic carbocycles. The number of imidazole rings is 1. The monoisotopic (exact) mass is 979 g/mol. The van der Waals surface area contributed by atoms with Crippen molar-refractivity contribution >= 4 is 11.0 Å². The van der Waals surface area contributed by atoms with Gasteiger partial charge < -0.3 is 5.11 Å². The quantitative estimate of drug-likeness (QED) is 0.162. The molecule has 0 aliphatic rings. The summed E-state index contributed by atoms with van der Waals surface area (Å²) in [6.45, 7) is 4.73. The minimum Gasteiger partial charge on any atom is -0.507 e. The minimum atomic E-state index is -2.79. The molecule has 61 heavy (non-hydrogen) atoms. The van der Waals surface area contributed by atoms with Crippen LogP contribution in [-0.4, -0.2) is 19.6 Å². The molecule has 0 saturated heterocycles. The van der Waals surface area contributed by atoms with E-state index in [1.165, 1.54) is 6.07 Å². The van der Waals surface area contributed by atoms with E-state index in [0.717, 1.165) is 55.8 Å². The molecule has 5 heteroatoms. The number of nitrogens with zero attached hydrogens (tertiary/aromatic N) is 3. The number of phenolic OH excluding ortho intramolecular Hbond substituents is 1. The van der Waals surface area contributed by atoms with Gasteiger partial charge in [0.15, 0.2) is 0 Å². The molecule has 2 aromatic heterocycles. The summed E-state index contributed by atoms with van der Waals surface area (Å²) >= 11 is 0. The van der Waals surface area contributed by atoms with Crippen molar-refractivity contribution in [3.05, 3.63) is 192 Å². The molecule has 4 nitrogen and oxygen atoms in total. The number of pyridine rings is 1. The van der Waals surface area contributed by atoms with E-state index < -0.39 is 13.7 Å². The number of benzene rings is 7. The zero-order chi connectivity index (χ0) is 46.7. The second-order valence-electron chi connectivity index (χ2n) is 16.5. The first-order chi connectivity index (χ1) is 31.3. The molecule has 0 spiro atoms. The van der Waals surface area contributed by atoms with Gasteiger partial charge in [-0.15, -0.1) is 29.3 Å². The number of phenols is 1. The van der Waals surface area contributed by atoms with Gasteiger partial charge in [-0.05, 0) is 119 Å². The average Bonchev–Trinajstić information content (AvgIpc) is 3.69. The summed E-state index contributed by atoms with van der Waals surface area (Å²) in [5.41, 5.74) is 12.1. The van der Waals surface area contributed by atoms with Crippen molar-refractivity contribution < 1.29 is 34.4 Å². The second kappa shape index (κ2) is 16.6. The number of fused-ring (bicyclic) bond motifs is 1. The van der Waals surface area contributed by atoms with Crippen molar-refractivity contribution in [2.24, 2.45) is 0 Å². The van der Waals surface area contributed by atoms with Crippen LogP contribution in [0.2, 0.25) is 0 Å². The van der Waals surface area contributed by atoms with E-state index in [0.29, 0.717) is 39.2 Å². The molecule has 9 aromatic rings. The first-order valence-electron chi connectivity index (χ1n) is 23.1. The predicted molar refractivity (Wildman–Crippen MR) is 250 cm³/mol. The van der Waals surface area contributed by atoms with Gasteiger partial charge in [0.05, 0.1) is 16.6 Å². The maximum absolute atomic E-state index is 11.8. The van der Waals surface area contributed by atoms with Gasteiger partial charge in [0.2, 0.25) is 0 Å². The molecule has 0 fully saturated rings. The zero-order valence-electron chi connectivity index (χ0n) is 40.6. The summed E-state index contributed by atoms with van der Waals surface area (Å²) in [5.74, 6) is 0.389. The molecule has 0 bridgehead atoms. The Labute approximate surface area is 382 Å². The Kier molecular flexibility index (Phi) is 9.35. The molecule has 0 aliphatic heterocycles. The van der Waals surface area contributed by atoms with Crippen LogP contribution in [0.5, 0.6) is 5.75 Å². The fraction of sp³-hybridized carbons (Fsp3) is 0.143. The van der Waals surface area contributed by atoms with Crippen LogP contribution in [-0.2, 0) is 26.5 Å². The first-order valence-corrected chi connectivity index (χ1v) is 20.1. The third-order valence-corrected chi connectivity index (χ3v) is 11.2. The molecule has 1 N–H and O–H groups in total. The number of hydrogen-bond acceptors (Lipinski definition) is 3. The van der Waals surface area contributed by atoms with Crippen LogP contribution < -0.4 is 0 Å². The van der Waals surface area contributed by atoms with Crippen LogP contribution in [0.3, 0.4) is 0 Å². The number of para-hydroxylation sites is 1. The van der Waals surface area contributed by atoms with E-state index in [9.17, 15) is 5.11 Å². The van der Waals surface area contributed by atoms with Crippen LogP contribution >= 0.6 is 0 Å². The van der Waals surface area contributed by atoms with Gasteiger partial charge in [0, 0.05) is 46.9 Å². The van der Waals surface area contributed by atoms with Gasteiger partial charge in [0.25, 0.3) is 0 Å². The third kappa shape index (κ3) is 8.01. The van der Waals surface area contributed by atoms with E-state index in [4.69, 9.17) is 18.2 Å². The fourth-order valence-corrected chi connectivity index (χ4v) is 8.02. The standard InChI is InChI=1S/C56H48N3O.Pt/c1-35-27-37(3)54(60)50(28-35)55-58-53-48(19-14-20-52(53)59(55)47-29-36(2)38(4)49(34-47)42-17-12-9-13-18-42)44-30-45(32-46(31-44)56(5,6)7)51-33-43(25-26-57-51)41-23-21-40(22-24-41)39-15-10-8-11-16-39;/h8-29,31-34,60H,1-7H3;/q-1;/i2D3,4D3;. The summed E-state index contributed by atoms with van der Waals surface area (Å²) in [6, 6.07) is 52.6. The topological polar surface area (TPSA) is 50.9 Å². The first kappa shape index (κ1) is 34.4. The summed E-state index contributed by atoms with van der Waals surface area (Å²) in [6.07, 6.45) is 1.83. The molecular formula is C56H48N3OPt-. The Bertz CT molecular complexity index is 3280. The van der Waals surface area contributed by atoms with Gasteiger partial charge >= 0.3 is 0 Å². The predicted octanol–water partition coefficient (Wildman–Crippen LogP) is 14.5. The average molecular weight is 980 g/mol. The molecule has 2 heterocycles. The van der Waals surface area contributed by atoms with Crippen molar-refractivity contribution in [1.29, 1.82) is 0 Å². The summed E-state index contributed by atoms with van der Waals surface area (Å²) in [5, 5.41) is 11.8. The number of aryl methyl sites for hydroxylation is 3. The van der Waals surface area contributed by atoms with Gasteiger partial charge in [-0.1, -0.05) is 141 Å². The SMILES string of the molecule is [2H]C([2H])([2H])c1cc(-n2c(-c3cc(C)cc(C)c3O)nc3c(-c4[c-]c(-c5cc(-c6ccc(-c7ccccc7)cc6)ccn5)cc(C(C)(C)C)c4)cccc32)cc(-c2ccccc2)c1C([2H])([2H])[2H].[Pt]. The van der Waals surface area contributed by atoms with E-state index in [1.807, 2.05) is 85.3 Å². The number of hydrogen-bond donors (Lipinski definition) is 1. The zero-order valence-corrected chi connectivity index (χ0v) is 36.9. The van der Waals surface area contributed by atoms with Crippen LogP contribution in [0.1, 0.15) is 56.8 Å². The number of aromatic hydroxyl groups is 1. The molecule has 0 radical (unpaired) electrons. The van der Waals surface area contributed by atoms with Crippen LogP contribution in [0.15, 0.2) is 158 Å². The molecule has 0 amide bonds. The van der Waals surface area contributed by atoms with Crippen molar-refractivity contribution in [1.82, 2.24) is 14.5 Å². The van der Waals surface area contributed by atoms with E-state index in [-0.39, 0.29) is 48.9 Å². The van der Waals surface area contributed by atoms with Gasteiger partial charge in [-0.3, -0.25) is 9.55 Å². The Morgan fingerprint density at radius 1 is 0.607 bits per heavy atom. The summed E-state index contributed by atoms with van der Waals surface area (Å²) < 4.78 is 53.6. The Hall–Kier alpha value is -6.35. The van der Waals surface area contributed by atoms with E-state index in [2.05, 4.69) is 81.4 Å². The largest absolute Gasteiger partial charge is 0.507 e. The van der Waals surface area contributed by atoms with E-state index in [1.54, 1.807) is 30.3 Å². The molecular weight excluding hydrogens is 926 g/mol. The Morgan fingerprint density at radius 3 is 1.97 bits per heavy atom. The third-order valence-electron chi connectivity index (χ3n) is 11.2. The van der Waals surface area contributed by atoms with Gasteiger partial charge in [0.1, 0.15) is 11.6 Å². The van der Waals surface area contributed by atoms with Crippen LogP contribution in [0.4, 0.5) is 0 Å². The van der Waals surface area contributed by atoms with Crippen molar-refractivity contribution in [2.45, 2.75) is 53.7 Å². The Morgan fingerprint density at radius 2 is 1.28 bits per heavy atom. The molecule has 0 aliphatic carbocycles.